The molecule has 0 fully saturated rings. The molecular weight excluding hydrogens is 486 g/mol. The first-order valence-corrected chi connectivity index (χ1v) is 15.6. The van der Waals surface area contributed by atoms with Crippen LogP contribution in [0.15, 0.2) is 30.5 Å². The lowest BCUT2D eigenvalue weighted by molar-refractivity contribution is -0.125. The number of carbonyl (C=O) groups is 1. The number of hydrogen-bond acceptors (Lipinski definition) is 7. The largest absolute Gasteiger partial charge is 0.493 e. The van der Waals surface area contributed by atoms with Crippen LogP contribution < -0.4 is 19.9 Å². The number of primary amides is 1. The van der Waals surface area contributed by atoms with Crippen LogP contribution in [0.4, 0.5) is 0 Å². The summed E-state index contributed by atoms with van der Waals surface area (Å²) in [5.74, 6) is 1.37. The Hall–Kier alpha value is -2.62. The minimum absolute atomic E-state index is 0.0572. The van der Waals surface area contributed by atoms with Crippen LogP contribution in [0.25, 0.3) is 11.3 Å². The first kappa shape index (κ1) is 30.6. The molecule has 1 amide bonds. The van der Waals surface area contributed by atoms with E-state index in [2.05, 4.69) is 43.7 Å². The molecule has 206 valence electrons. The van der Waals surface area contributed by atoms with E-state index >= 15 is 0 Å². The lowest BCUT2D eigenvalue weighted by atomic mass is 10.0. The van der Waals surface area contributed by atoms with E-state index in [1.165, 1.54) is 0 Å². The third-order valence-corrected chi connectivity index (χ3v) is 11.7. The highest BCUT2D eigenvalue weighted by Crippen LogP contribution is 2.41. The van der Waals surface area contributed by atoms with Gasteiger partial charge in [0.25, 0.3) is 0 Å². The van der Waals surface area contributed by atoms with Crippen molar-refractivity contribution >= 4 is 14.2 Å². The molecule has 0 unspecified atom stereocenters. The standard InChI is InChI=1S/C28H45N3O5Si/c1-19(2)25(27(29)32)31(13-14-36-37(9,10)28(3,4)5)18-20-11-12-30-22(15-20)21-16-23(33-6)26(35-8)24(17-21)34-7/h11-12,15-17,19,25H,13-14,18H2,1-10H3,(H2,29,32)/t25-/m1/s1. The number of aromatic nitrogens is 1. The molecule has 2 N–H and O–H groups in total. The highest BCUT2D eigenvalue weighted by molar-refractivity contribution is 6.74. The van der Waals surface area contributed by atoms with E-state index in [9.17, 15) is 4.79 Å². The number of pyridine rings is 1. The van der Waals surface area contributed by atoms with Crippen LogP contribution in [0.3, 0.4) is 0 Å². The topological polar surface area (TPSA) is 96.1 Å². The Morgan fingerprint density at radius 2 is 1.65 bits per heavy atom. The predicted octanol–water partition coefficient (Wildman–Crippen LogP) is 5.11. The molecule has 0 bridgehead atoms. The van der Waals surface area contributed by atoms with E-state index in [-0.39, 0.29) is 16.9 Å². The van der Waals surface area contributed by atoms with Crippen molar-refractivity contribution in [2.45, 2.75) is 65.3 Å². The molecule has 37 heavy (non-hydrogen) atoms. The first-order chi connectivity index (χ1) is 17.2. The normalized spacial score (nSPS) is 13.1. The van der Waals surface area contributed by atoms with E-state index in [1.54, 1.807) is 27.5 Å². The molecule has 0 spiro atoms. The van der Waals surface area contributed by atoms with E-state index in [0.717, 1.165) is 16.8 Å². The van der Waals surface area contributed by atoms with Gasteiger partial charge in [0, 0.05) is 31.5 Å². The highest BCUT2D eigenvalue weighted by atomic mass is 28.4. The van der Waals surface area contributed by atoms with Crippen molar-refractivity contribution in [3.05, 3.63) is 36.0 Å². The smallest absolute Gasteiger partial charge is 0.235 e. The molecule has 0 aliphatic rings. The Morgan fingerprint density at radius 1 is 1.05 bits per heavy atom. The zero-order valence-electron chi connectivity index (χ0n) is 24.2. The van der Waals surface area contributed by atoms with Crippen LogP contribution >= 0.6 is 0 Å². The lowest BCUT2D eigenvalue weighted by Gasteiger charge is -2.38. The van der Waals surface area contributed by atoms with Crippen molar-refractivity contribution in [3.63, 3.8) is 0 Å². The third kappa shape index (κ3) is 7.69. The predicted molar refractivity (Wildman–Crippen MR) is 151 cm³/mol. The zero-order chi connectivity index (χ0) is 28.0. The second-order valence-corrected chi connectivity index (χ2v) is 15.9. The Balaban J connectivity index is 2.37. The molecule has 0 aliphatic heterocycles. The summed E-state index contributed by atoms with van der Waals surface area (Å²) in [6.45, 7) is 16.8. The average Bonchev–Trinajstić information content (AvgIpc) is 2.81. The van der Waals surface area contributed by atoms with E-state index in [4.69, 9.17) is 24.4 Å². The van der Waals surface area contributed by atoms with Gasteiger partial charge in [-0.1, -0.05) is 34.6 Å². The molecule has 2 aromatic rings. The average molecular weight is 532 g/mol. The van der Waals surface area contributed by atoms with Gasteiger partial charge in [0.15, 0.2) is 19.8 Å². The summed E-state index contributed by atoms with van der Waals surface area (Å²) >= 11 is 0. The zero-order valence-corrected chi connectivity index (χ0v) is 25.2. The number of nitrogens with zero attached hydrogens (tertiary/aromatic N) is 2. The van der Waals surface area contributed by atoms with Crippen molar-refractivity contribution in [2.24, 2.45) is 11.7 Å². The lowest BCUT2D eigenvalue weighted by Crippen LogP contribution is -2.50. The summed E-state index contributed by atoms with van der Waals surface area (Å²) in [6, 6.07) is 7.31. The Kier molecular flexibility index (Phi) is 10.5. The quantitative estimate of drug-likeness (QED) is 0.359. The van der Waals surface area contributed by atoms with Crippen LogP contribution in [0.5, 0.6) is 17.2 Å². The first-order valence-electron chi connectivity index (χ1n) is 12.7. The van der Waals surface area contributed by atoms with Gasteiger partial charge < -0.3 is 24.4 Å². The summed E-state index contributed by atoms with van der Waals surface area (Å²) in [5, 5.41) is 0.111. The molecular formula is C28H45N3O5Si. The van der Waals surface area contributed by atoms with Gasteiger partial charge in [-0.3, -0.25) is 14.7 Å². The van der Waals surface area contributed by atoms with Crippen molar-refractivity contribution in [3.8, 4) is 28.5 Å². The van der Waals surface area contributed by atoms with Gasteiger partial charge in [0.2, 0.25) is 11.7 Å². The van der Waals surface area contributed by atoms with Gasteiger partial charge >= 0.3 is 0 Å². The number of methoxy groups -OCH3 is 3. The highest BCUT2D eigenvalue weighted by Gasteiger charge is 2.37. The van der Waals surface area contributed by atoms with E-state index in [1.807, 2.05) is 38.1 Å². The molecule has 1 atom stereocenters. The minimum atomic E-state index is -1.92. The summed E-state index contributed by atoms with van der Waals surface area (Å²) < 4.78 is 22.9. The second-order valence-electron chi connectivity index (χ2n) is 11.1. The van der Waals surface area contributed by atoms with E-state index in [0.29, 0.717) is 36.9 Å². The minimum Gasteiger partial charge on any atom is -0.493 e. The second kappa shape index (κ2) is 12.8. The summed E-state index contributed by atoms with van der Waals surface area (Å²) in [4.78, 5) is 19.2. The fourth-order valence-corrected chi connectivity index (χ4v) is 5.11. The SMILES string of the molecule is COc1cc(-c2cc(CN(CCO[Si](C)(C)C(C)(C)C)[C@@H](C(N)=O)C(C)C)ccn2)cc(OC)c1OC. The molecule has 0 saturated carbocycles. The maximum atomic E-state index is 12.5. The molecule has 9 heteroatoms. The summed E-state index contributed by atoms with van der Waals surface area (Å²) in [6.07, 6.45) is 1.77. The Labute approximate surface area is 223 Å². The van der Waals surface area contributed by atoms with Crippen molar-refractivity contribution in [2.75, 3.05) is 34.5 Å². The summed E-state index contributed by atoms with van der Waals surface area (Å²) in [5.41, 5.74) is 8.47. The molecule has 8 nitrogen and oxygen atoms in total. The maximum absolute atomic E-state index is 12.5. The number of benzene rings is 1. The summed E-state index contributed by atoms with van der Waals surface area (Å²) in [7, 11) is 2.83. The molecule has 0 saturated heterocycles. The van der Waals surface area contributed by atoms with Gasteiger partial charge in [-0.2, -0.15) is 0 Å². The van der Waals surface area contributed by atoms with Crippen LogP contribution in [-0.4, -0.2) is 64.6 Å². The number of ether oxygens (including phenoxy) is 3. The van der Waals surface area contributed by atoms with Crippen molar-refractivity contribution in [1.29, 1.82) is 0 Å². The third-order valence-electron chi connectivity index (χ3n) is 7.13. The van der Waals surface area contributed by atoms with Crippen molar-refractivity contribution in [1.82, 2.24) is 9.88 Å². The molecule has 1 aromatic heterocycles. The van der Waals surface area contributed by atoms with Gasteiger partial charge in [0.1, 0.15) is 0 Å². The monoisotopic (exact) mass is 531 g/mol. The Morgan fingerprint density at radius 3 is 2.11 bits per heavy atom. The number of hydrogen-bond donors (Lipinski definition) is 1. The Bertz CT molecular complexity index is 1030. The number of nitrogens with two attached hydrogens (primary N) is 1. The van der Waals surface area contributed by atoms with Crippen LogP contribution in [0.2, 0.25) is 18.1 Å². The van der Waals surface area contributed by atoms with Crippen molar-refractivity contribution < 1.29 is 23.4 Å². The number of rotatable bonds is 13. The molecule has 0 radical (unpaired) electrons. The van der Waals surface area contributed by atoms with Crippen LogP contribution in [0, 0.1) is 5.92 Å². The van der Waals surface area contributed by atoms with Gasteiger partial charge in [0.05, 0.1) is 33.1 Å². The molecule has 1 aromatic carbocycles. The molecule has 1 heterocycles. The van der Waals surface area contributed by atoms with Crippen LogP contribution in [0.1, 0.15) is 40.2 Å². The fraction of sp³-hybridized carbons (Fsp3) is 0.571. The van der Waals surface area contributed by atoms with Gasteiger partial charge in [-0.25, -0.2) is 0 Å². The number of carbonyl (C=O) groups excluding carboxylic acids is 1. The van der Waals surface area contributed by atoms with Gasteiger partial charge in [-0.05, 0) is 53.9 Å². The van der Waals surface area contributed by atoms with Gasteiger partial charge in [-0.15, -0.1) is 0 Å². The fourth-order valence-electron chi connectivity index (χ4n) is 4.08. The van der Waals surface area contributed by atoms with E-state index < -0.39 is 14.4 Å². The maximum Gasteiger partial charge on any atom is 0.235 e. The molecule has 0 aliphatic carbocycles. The van der Waals surface area contributed by atoms with Crippen LogP contribution in [-0.2, 0) is 15.8 Å². The molecule has 2 rings (SSSR count). The number of amides is 1.